The number of para-hydroxylation sites is 1. The number of fused-ring (bicyclic) bond motifs is 1. The fraction of sp³-hybridized carbons (Fsp3) is 0.391. The monoisotopic (exact) mass is 427 g/mol. The third-order valence-electron chi connectivity index (χ3n) is 5.47. The Bertz CT molecular complexity index is 934. The molecule has 1 amide bonds. The normalized spacial score (nSPS) is 15.6. The van der Waals surface area contributed by atoms with E-state index in [1.54, 1.807) is 11.3 Å². The molecule has 0 spiro atoms. The van der Waals surface area contributed by atoms with Crippen molar-refractivity contribution in [3.05, 3.63) is 64.1 Å². The van der Waals surface area contributed by atoms with Crippen LogP contribution in [0, 0.1) is 0 Å². The second-order valence-corrected chi connectivity index (χ2v) is 9.04. The molecule has 0 unspecified atom stereocenters. The van der Waals surface area contributed by atoms with Gasteiger partial charge in [0.25, 0.3) is 0 Å². The number of nitrogens with zero attached hydrogens (tertiary/aromatic N) is 2. The molecule has 4 nitrogen and oxygen atoms in total. The molecule has 2 aromatic carbocycles. The zero-order valence-corrected chi connectivity index (χ0v) is 18.0. The average Bonchev–Trinajstić information content (AvgIpc) is 3.39. The molecule has 0 aliphatic carbocycles. The number of thiazole rings is 1. The summed E-state index contributed by atoms with van der Waals surface area (Å²) in [4.78, 5) is 19.5. The molecular weight excluding hydrogens is 402 g/mol. The van der Waals surface area contributed by atoms with E-state index in [0.29, 0.717) is 13.0 Å². The number of carbonyl (C=O) groups excluding carboxylic acids is 1. The lowest BCUT2D eigenvalue weighted by Gasteiger charge is -2.29. The van der Waals surface area contributed by atoms with Gasteiger partial charge in [0.2, 0.25) is 5.91 Å². The largest absolute Gasteiger partial charge is 0.354 e. The number of amides is 1. The van der Waals surface area contributed by atoms with Crippen LogP contribution >= 0.6 is 22.9 Å². The van der Waals surface area contributed by atoms with Crippen LogP contribution in [-0.2, 0) is 11.2 Å². The standard InChI is InChI=1S/C23H26ClN3OS/c24-18-9-2-1-8-17(18)20(27-14-5-6-15-27)16-25-22(28)12-7-13-23-26-19-10-3-4-11-21(19)29-23/h1-4,8-11,20H,5-7,12-16H2,(H,25,28)/t20-/m0/s1. The van der Waals surface area contributed by atoms with Gasteiger partial charge in [0.05, 0.1) is 21.3 Å². The Kier molecular flexibility index (Phi) is 6.80. The van der Waals surface area contributed by atoms with E-state index in [2.05, 4.69) is 27.3 Å². The minimum absolute atomic E-state index is 0.0994. The molecule has 1 saturated heterocycles. The van der Waals surface area contributed by atoms with E-state index in [4.69, 9.17) is 11.6 Å². The Labute approximate surface area is 180 Å². The van der Waals surface area contributed by atoms with Crippen LogP contribution < -0.4 is 5.32 Å². The van der Waals surface area contributed by atoms with Crippen LogP contribution in [0.4, 0.5) is 0 Å². The number of likely N-dealkylation sites (tertiary alicyclic amines) is 1. The molecule has 0 radical (unpaired) electrons. The molecule has 152 valence electrons. The quantitative estimate of drug-likeness (QED) is 0.535. The third-order valence-corrected chi connectivity index (χ3v) is 6.91. The lowest BCUT2D eigenvalue weighted by atomic mass is 10.1. The SMILES string of the molecule is O=C(CCCc1nc2ccccc2s1)NC[C@@H](c1ccccc1Cl)N1CCCC1. The Morgan fingerprint density at radius 2 is 1.90 bits per heavy atom. The number of carbonyl (C=O) groups is 1. The van der Waals surface area contributed by atoms with Crippen molar-refractivity contribution in [1.29, 1.82) is 0 Å². The highest BCUT2D eigenvalue weighted by atomic mass is 35.5. The van der Waals surface area contributed by atoms with Crippen molar-refractivity contribution in [1.82, 2.24) is 15.2 Å². The molecule has 1 aliphatic heterocycles. The van der Waals surface area contributed by atoms with Crippen LogP contribution in [0.25, 0.3) is 10.2 Å². The molecule has 6 heteroatoms. The summed E-state index contributed by atoms with van der Waals surface area (Å²) in [6.45, 7) is 2.72. The van der Waals surface area contributed by atoms with Gasteiger partial charge in [-0.1, -0.05) is 41.9 Å². The van der Waals surface area contributed by atoms with Crippen molar-refractivity contribution in [2.75, 3.05) is 19.6 Å². The number of hydrogen-bond donors (Lipinski definition) is 1. The van der Waals surface area contributed by atoms with Gasteiger partial charge in [-0.3, -0.25) is 9.69 Å². The van der Waals surface area contributed by atoms with Crippen LogP contribution in [0.15, 0.2) is 48.5 Å². The first-order valence-corrected chi connectivity index (χ1v) is 11.5. The van der Waals surface area contributed by atoms with Crippen LogP contribution in [0.1, 0.15) is 42.3 Å². The van der Waals surface area contributed by atoms with Crippen molar-refractivity contribution >= 4 is 39.1 Å². The molecule has 1 atom stereocenters. The van der Waals surface area contributed by atoms with Crippen molar-refractivity contribution in [3.63, 3.8) is 0 Å². The van der Waals surface area contributed by atoms with Crippen molar-refractivity contribution in [2.24, 2.45) is 0 Å². The van der Waals surface area contributed by atoms with E-state index in [1.165, 1.54) is 17.5 Å². The minimum Gasteiger partial charge on any atom is -0.354 e. The summed E-state index contributed by atoms with van der Waals surface area (Å²) in [6, 6.07) is 16.3. The zero-order valence-electron chi connectivity index (χ0n) is 16.4. The summed E-state index contributed by atoms with van der Waals surface area (Å²) < 4.78 is 1.21. The number of benzene rings is 2. The Morgan fingerprint density at radius 3 is 2.69 bits per heavy atom. The third kappa shape index (κ3) is 5.16. The van der Waals surface area contributed by atoms with E-state index in [0.717, 1.165) is 47.0 Å². The van der Waals surface area contributed by atoms with E-state index >= 15 is 0 Å². The van der Waals surface area contributed by atoms with Gasteiger partial charge in [0, 0.05) is 18.0 Å². The number of aromatic nitrogens is 1. The van der Waals surface area contributed by atoms with Gasteiger partial charge in [-0.2, -0.15) is 0 Å². The molecule has 2 heterocycles. The van der Waals surface area contributed by atoms with Crippen LogP contribution in [0.2, 0.25) is 5.02 Å². The second-order valence-electron chi connectivity index (χ2n) is 7.51. The van der Waals surface area contributed by atoms with Gasteiger partial charge >= 0.3 is 0 Å². The van der Waals surface area contributed by atoms with Gasteiger partial charge in [-0.15, -0.1) is 11.3 Å². The summed E-state index contributed by atoms with van der Waals surface area (Å²) in [5, 5.41) is 5.02. The van der Waals surface area contributed by atoms with Gasteiger partial charge in [0.1, 0.15) is 0 Å². The first-order valence-electron chi connectivity index (χ1n) is 10.3. The van der Waals surface area contributed by atoms with E-state index in [9.17, 15) is 4.79 Å². The highest BCUT2D eigenvalue weighted by Gasteiger charge is 2.25. The maximum Gasteiger partial charge on any atom is 0.220 e. The van der Waals surface area contributed by atoms with Crippen LogP contribution in [-0.4, -0.2) is 35.4 Å². The maximum absolute atomic E-state index is 12.5. The minimum atomic E-state index is 0.0994. The van der Waals surface area contributed by atoms with Gasteiger partial charge in [-0.05, 0) is 62.5 Å². The number of hydrogen-bond acceptors (Lipinski definition) is 4. The van der Waals surface area contributed by atoms with Crippen molar-refractivity contribution in [3.8, 4) is 0 Å². The Morgan fingerprint density at radius 1 is 1.14 bits per heavy atom. The van der Waals surface area contributed by atoms with Gasteiger partial charge < -0.3 is 5.32 Å². The summed E-state index contributed by atoms with van der Waals surface area (Å²) >= 11 is 8.17. The fourth-order valence-corrected chi connectivity index (χ4v) is 5.23. The van der Waals surface area contributed by atoms with E-state index in [-0.39, 0.29) is 11.9 Å². The molecular formula is C23H26ClN3OS. The highest BCUT2D eigenvalue weighted by Crippen LogP contribution is 2.29. The predicted molar refractivity (Wildman–Crippen MR) is 121 cm³/mol. The van der Waals surface area contributed by atoms with Crippen molar-refractivity contribution in [2.45, 2.75) is 38.1 Å². The van der Waals surface area contributed by atoms with Gasteiger partial charge in [-0.25, -0.2) is 4.98 Å². The molecule has 29 heavy (non-hydrogen) atoms. The van der Waals surface area contributed by atoms with E-state index in [1.807, 2.05) is 36.4 Å². The average molecular weight is 428 g/mol. The summed E-state index contributed by atoms with van der Waals surface area (Å²) in [6.07, 6.45) is 4.58. The fourth-order valence-electron chi connectivity index (χ4n) is 3.96. The summed E-state index contributed by atoms with van der Waals surface area (Å²) in [7, 11) is 0. The second kappa shape index (κ2) is 9.70. The van der Waals surface area contributed by atoms with Gasteiger partial charge in [0.15, 0.2) is 0 Å². The number of rotatable bonds is 8. The molecule has 1 N–H and O–H groups in total. The molecule has 3 aromatic rings. The molecule has 0 bridgehead atoms. The molecule has 1 aromatic heterocycles. The molecule has 1 aliphatic rings. The Hall–Kier alpha value is -1.95. The lowest BCUT2D eigenvalue weighted by Crippen LogP contribution is -2.36. The lowest BCUT2D eigenvalue weighted by molar-refractivity contribution is -0.121. The first-order chi connectivity index (χ1) is 14.2. The van der Waals surface area contributed by atoms with Crippen LogP contribution in [0.3, 0.4) is 0 Å². The predicted octanol–water partition coefficient (Wildman–Crippen LogP) is 5.23. The summed E-state index contributed by atoms with van der Waals surface area (Å²) in [5.74, 6) is 0.0994. The summed E-state index contributed by atoms with van der Waals surface area (Å²) in [5.41, 5.74) is 2.15. The van der Waals surface area contributed by atoms with Crippen molar-refractivity contribution < 1.29 is 4.79 Å². The zero-order chi connectivity index (χ0) is 20.1. The van der Waals surface area contributed by atoms with Crippen LogP contribution in [0.5, 0.6) is 0 Å². The molecule has 4 rings (SSSR count). The highest BCUT2D eigenvalue weighted by molar-refractivity contribution is 7.18. The van der Waals surface area contributed by atoms with E-state index < -0.39 is 0 Å². The Balaban J connectivity index is 1.30. The molecule has 0 saturated carbocycles. The maximum atomic E-state index is 12.5. The smallest absolute Gasteiger partial charge is 0.220 e. The first kappa shape index (κ1) is 20.3. The topological polar surface area (TPSA) is 45.2 Å². The number of halogens is 1. The number of nitrogens with one attached hydrogen (secondary N) is 1. The molecule has 1 fully saturated rings. The number of aryl methyl sites for hydroxylation is 1.